The van der Waals surface area contributed by atoms with Gasteiger partial charge in [0, 0.05) is 17.1 Å². The maximum Gasteiger partial charge on any atom is 0.422 e. The predicted octanol–water partition coefficient (Wildman–Crippen LogP) is 4.13. The number of benzene rings is 1. The van der Waals surface area contributed by atoms with Gasteiger partial charge in [-0.05, 0) is 37.3 Å². The highest BCUT2D eigenvalue weighted by Crippen LogP contribution is 2.22. The predicted molar refractivity (Wildman–Crippen MR) is 89.9 cm³/mol. The molecule has 0 fully saturated rings. The number of fused-ring (bicyclic) bond motifs is 1. The first kappa shape index (κ1) is 18.7. The van der Waals surface area contributed by atoms with E-state index >= 15 is 0 Å². The van der Waals surface area contributed by atoms with Crippen molar-refractivity contribution in [3.8, 4) is 5.75 Å². The molecule has 0 spiro atoms. The fourth-order valence-electron chi connectivity index (χ4n) is 2.53. The lowest BCUT2D eigenvalue weighted by Gasteiger charge is -2.14. The van der Waals surface area contributed by atoms with E-state index in [0.29, 0.717) is 16.6 Å². The second kappa shape index (κ2) is 7.26. The molecule has 0 saturated heterocycles. The number of amides is 1. The average molecular weight is 381 g/mol. The van der Waals surface area contributed by atoms with Gasteiger partial charge in [0.2, 0.25) is 0 Å². The first-order chi connectivity index (χ1) is 12.7. The van der Waals surface area contributed by atoms with Crippen molar-refractivity contribution in [2.45, 2.75) is 19.1 Å². The number of halogens is 4. The average Bonchev–Trinajstić information content (AvgIpc) is 3.02. The first-order valence-electron chi connectivity index (χ1n) is 7.96. The van der Waals surface area contributed by atoms with E-state index in [1.54, 1.807) is 6.92 Å². The molecule has 0 aliphatic heterocycles. The zero-order valence-electron chi connectivity index (χ0n) is 14.1. The van der Waals surface area contributed by atoms with E-state index in [2.05, 4.69) is 20.0 Å². The molecule has 2 aromatic heterocycles. The number of nitrogens with one attached hydrogen (secondary N) is 2. The number of carbonyl (C=O) groups is 1. The van der Waals surface area contributed by atoms with E-state index in [1.807, 2.05) is 0 Å². The van der Waals surface area contributed by atoms with Gasteiger partial charge in [0.05, 0.1) is 23.5 Å². The Morgan fingerprint density at radius 1 is 1.30 bits per heavy atom. The summed E-state index contributed by atoms with van der Waals surface area (Å²) in [5, 5.41) is 3.17. The van der Waals surface area contributed by atoms with Crippen LogP contribution in [-0.4, -0.2) is 28.7 Å². The zero-order chi connectivity index (χ0) is 19.6. The van der Waals surface area contributed by atoms with Crippen molar-refractivity contribution in [3.63, 3.8) is 0 Å². The molecule has 0 radical (unpaired) electrons. The summed E-state index contributed by atoms with van der Waals surface area (Å²) in [5.74, 6) is -0.916. The summed E-state index contributed by atoms with van der Waals surface area (Å²) in [7, 11) is 0. The summed E-state index contributed by atoms with van der Waals surface area (Å²) in [6, 6.07) is 6.37. The number of aromatic nitrogens is 2. The van der Waals surface area contributed by atoms with Gasteiger partial charge < -0.3 is 15.0 Å². The Kier molecular flexibility index (Phi) is 5.02. The minimum atomic E-state index is -4.43. The molecule has 0 aliphatic carbocycles. The van der Waals surface area contributed by atoms with E-state index in [-0.39, 0.29) is 11.3 Å². The van der Waals surface area contributed by atoms with Crippen molar-refractivity contribution < 1.29 is 27.1 Å². The molecule has 9 heteroatoms. The molecule has 2 heterocycles. The Morgan fingerprint density at radius 2 is 2.07 bits per heavy atom. The van der Waals surface area contributed by atoms with E-state index in [1.165, 1.54) is 36.5 Å². The fourth-order valence-corrected chi connectivity index (χ4v) is 2.53. The molecule has 3 rings (SSSR count). The lowest BCUT2D eigenvalue weighted by molar-refractivity contribution is -0.153. The molecule has 1 unspecified atom stereocenters. The maximum absolute atomic E-state index is 13.4. The monoisotopic (exact) mass is 381 g/mol. The second-order valence-electron chi connectivity index (χ2n) is 5.91. The van der Waals surface area contributed by atoms with Crippen LogP contribution < -0.4 is 10.1 Å². The molecule has 27 heavy (non-hydrogen) atoms. The highest BCUT2D eigenvalue weighted by atomic mass is 19.4. The topological polar surface area (TPSA) is 67.0 Å². The molecule has 1 amide bonds. The van der Waals surface area contributed by atoms with Crippen LogP contribution >= 0.6 is 0 Å². The van der Waals surface area contributed by atoms with Gasteiger partial charge in [-0.15, -0.1) is 0 Å². The van der Waals surface area contributed by atoms with Crippen molar-refractivity contribution in [1.82, 2.24) is 15.3 Å². The standard InChI is InChI=1S/C18H15F4N3O2/c1-10(15-5-3-12(7-23-15)27-9-18(20,21)22)25-17(26)14-8-24-16-4-2-11(19)6-13(14)16/h2-8,10,24H,9H2,1H3,(H,25,26). The summed E-state index contributed by atoms with van der Waals surface area (Å²) in [6.07, 6.45) is -1.79. The molecule has 0 bridgehead atoms. The minimum Gasteiger partial charge on any atom is -0.483 e. The van der Waals surface area contributed by atoms with Crippen LogP contribution in [0.1, 0.15) is 29.0 Å². The van der Waals surface area contributed by atoms with Gasteiger partial charge >= 0.3 is 6.18 Å². The molecule has 1 aromatic carbocycles. The smallest absolute Gasteiger partial charge is 0.422 e. The van der Waals surface area contributed by atoms with Crippen molar-refractivity contribution in [2.75, 3.05) is 6.61 Å². The lowest BCUT2D eigenvalue weighted by Crippen LogP contribution is -2.27. The molecule has 2 N–H and O–H groups in total. The van der Waals surface area contributed by atoms with Crippen LogP contribution in [0.2, 0.25) is 0 Å². The number of hydrogen-bond donors (Lipinski definition) is 2. The Bertz CT molecular complexity index is 951. The number of hydrogen-bond acceptors (Lipinski definition) is 3. The Hall–Kier alpha value is -3.10. The van der Waals surface area contributed by atoms with Crippen LogP contribution in [0.5, 0.6) is 5.75 Å². The van der Waals surface area contributed by atoms with E-state index in [0.717, 1.165) is 6.20 Å². The molecular formula is C18H15F4N3O2. The van der Waals surface area contributed by atoms with E-state index in [9.17, 15) is 22.4 Å². The summed E-state index contributed by atoms with van der Waals surface area (Å²) in [4.78, 5) is 19.4. The number of rotatable bonds is 5. The van der Waals surface area contributed by atoms with Crippen LogP contribution in [-0.2, 0) is 0 Å². The van der Waals surface area contributed by atoms with Crippen molar-refractivity contribution in [3.05, 3.63) is 59.8 Å². The second-order valence-corrected chi connectivity index (χ2v) is 5.91. The van der Waals surface area contributed by atoms with Gasteiger partial charge in [-0.2, -0.15) is 13.2 Å². The van der Waals surface area contributed by atoms with Crippen LogP contribution in [0.3, 0.4) is 0 Å². The highest BCUT2D eigenvalue weighted by molar-refractivity contribution is 6.06. The van der Waals surface area contributed by atoms with Crippen molar-refractivity contribution in [1.29, 1.82) is 0 Å². The van der Waals surface area contributed by atoms with Crippen LogP contribution in [0.4, 0.5) is 17.6 Å². The van der Waals surface area contributed by atoms with E-state index in [4.69, 9.17) is 0 Å². The first-order valence-corrected chi connectivity index (χ1v) is 7.96. The van der Waals surface area contributed by atoms with Crippen LogP contribution in [0.25, 0.3) is 10.9 Å². The van der Waals surface area contributed by atoms with Crippen molar-refractivity contribution in [2.24, 2.45) is 0 Å². The normalized spacial score (nSPS) is 12.8. The largest absolute Gasteiger partial charge is 0.483 e. The number of H-pyrrole nitrogens is 1. The van der Waals surface area contributed by atoms with Gasteiger partial charge in [0.1, 0.15) is 11.6 Å². The fraction of sp³-hybridized carbons (Fsp3) is 0.222. The lowest BCUT2D eigenvalue weighted by atomic mass is 10.1. The molecule has 0 aliphatic rings. The number of nitrogens with zero attached hydrogens (tertiary/aromatic N) is 1. The summed E-state index contributed by atoms with van der Waals surface area (Å²) in [6.45, 7) is 0.267. The number of ether oxygens (including phenoxy) is 1. The van der Waals surface area contributed by atoms with Gasteiger partial charge in [0.15, 0.2) is 6.61 Å². The quantitative estimate of drug-likeness (QED) is 0.653. The highest BCUT2D eigenvalue weighted by Gasteiger charge is 2.28. The third-order valence-electron chi connectivity index (χ3n) is 3.84. The van der Waals surface area contributed by atoms with Gasteiger partial charge in [-0.25, -0.2) is 4.39 Å². The third-order valence-corrected chi connectivity index (χ3v) is 3.84. The Labute approximate surface area is 151 Å². The Morgan fingerprint density at radius 3 is 2.74 bits per heavy atom. The molecule has 5 nitrogen and oxygen atoms in total. The van der Waals surface area contributed by atoms with Gasteiger partial charge in [-0.3, -0.25) is 9.78 Å². The third kappa shape index (κ3) is 4.55. The van der Waals surface area contributed by atoms with Gasteiger partial charge in [-0.1, -0.05) is 0 Å². The van der Waals surface area contributed by atoms with Crippen LogP contribution in [0, 0.1) is 5.82 Å². The van der Waals surface area contributed by atoms with Crippen molar-refractivity contribution >= 4 is 16.8 Å². The molecule has 1 atom stereocenters. The molecule has 0 saturated carbocycles. The molecular weight excluding hydrogens is 366 g/mol. The molecule has 3 aromatic rings. The zero-order valence-corrected chi connectivity index (χ0v) is 14.1. The summed E-state index contributed by atoms with van der Waals surface area (Å²) < 4.78 is 54.4. The number of alkyl halides is 3. The summed E-state index contributed by atoms with van der Waals surface area (Å²) >= 11 is 0. The Balaban J connectivity index is 1.68. The van der Waals surface area contributed by atoms with Crippen LogP contribution in [0.15, 0.2) is 42.7 Å². The molecule has 142 valence electrons. The summed E-state index contributed by atoms with van der Waals surface area (Å²) in [5.41, 5.74) is 1.34. The van der Waals surface area contributed by atoms with Gasteiger partial charge in [0.25, 0.3) is 5.91 Å². The van der Waals surface area contributed by atoms with E-state index < -0.39 is 30.5 Å². The maximum atomic E-state index is 13.4. The minimum absolute atomic E-state index is 0.0262. The number of carbonyl (C=O) groups excluding carboxylic acids is 1. The SMILES string of the molecule is CC(NC(=O)c1c[nH]c2ccc(F)cc12)c1ccc(OCC(F)(F)F)cn1. The number of aromatic amines is 1. The number of pyridine rings is 1.